The summed E-state index contributed by atoms with van der Waals surface area (Å²) in [6.07, 6.45) is 2.65. The van der Waals surface area contributed by atoms with Gasteiger partial charge < -0.3 is 0 Å². The second-order valence-electron chi connectivity index (χ2n) is 1.42. The fraction of sp³-hybridized carbons (Fsp3) is 0.500. The van der Waals surface area contributed by atoms with E-state index < -0.39 is 0 Å². The van der Waals surface area contributed by atoms with E-state index in [1.54, 1.807) is 5.01 Å². The Bertz CT molecular complexity index is 119. The minimum atomic E-state index is 0.839. The van der Waals surface area contributed by atoms with E-state index in [0.717, 1.165) is 11.4 Å². The molecule has 0 aromatic rings. The van der Waals surface area contributed by atoms with Gasteiger partial charge in [-0.1, -0.05) is 12.2 Å². The summed E-state index contributed by atoms with van der Waals surface area (Å²) in [6.45, 7) is 0. The van der Waals surface area contributed by atoms with Gasteiger partial charge in [0, 0.05) is 19.7 Å². The van der Waals surface area contributed by atoms with E-state index in [9.17, 15) is 0 Å². The minimum Gasteiger partial charge on any atom is -0.262 e. The summed E-state index contributed by atoms with van der Waals surface area (Å²) >= 11 is 4.84. The van der Waals surface area contributed by atoms with Crippen molar-refractivity contribution in [1.29, 1.82) is 0 Å². The number of thiocarbonyl (C=S) groups is 1. The number of hydrogen-bond donors (Lipinski definition) is 0. The Morgan fingerprint density at radius 2 is 2.71 bits per heavy atom. The Balaban J connectivity index is 2.62. The van der Waals surface area contributed by atoms with Crippen molar-refractivity contribution < 1.29 is 0 Å². The Morgan fingerprint density at radius 1 is 2.00 bits per heavy atom. The van der Waals surface area contributed by atoms with Gasteiger partial charge in [0.25, 0.3) is 0 Å². The maximum absolute atomic E-state index is 4.84. The van der Waals surface area contributed by atoms with E-state index >= 15 is 0 Å². The zero-order valence-corrected chi connectivity index (χ0v) is 4.90. The van der Waals surface area contributed by atoms with Crippen molar-refractivity contribution in [3.63, 3.8) is 0 Å². The molecule has 1 aliphatic heterocycles. The van der Waals surface area contributed by atoms with Crippen LogP contribution in [0.1, 0.15) is 6.42 Å². The smallest absolute Gasteiger partial charge is 0.104 e. The molecule has 0 aromatic heterocycles. The summed E-state index contributed by atoms with van der Waals surface area (Å²) < 4.78 is 0. The first kappa shape index (κ1) is 4.71. The first-order chi connectivity index (χ1) is 3.30. The van der Waals surface area contributed by atoms with Gasteiger partial charge >= 0.3 is 0 Å². The van der Waals surface area contributed by atoms with E-state index in [1.165, 1.54) is 0 Å². The lowest BCUT2D eigenvalue weighted by Crippen LogP contribution is -2.11. The lowest BCUT2D eigenvalue weighted by atomic mass is 10.5. The van der Waals surface area contributed by atoms with Gasteiger partial charge in [-0.05, 0) is 0 Å². The van der Waals surface area contributed by atoms with Crippen LogP contribution >= 0.6 is 12.2 Å². The highest BCUT2D eigenvalue weighted by molar-refractivity contribution is 7.80. The first-order valence-electron chi connectivity index (χ1n) is 2.09. The molecule has 0 aromatic carbocycles. The van der Waals surface area contributed by atoms with Crippen LogP contribution in [0, 0.1) is 0 Å². The number of rotatable bonds is 0. The van der Waals surface area contributed by atoms with Crippen LogP contribution in [-0.4, -0.2) is 23.3 Å². The molecule has 0 aliphatic carbocycles. The standard InChI is InChI=1S/C4H6N2S/c1-6-4(7)2-3-5-6/h3H,2H2,1H3. The van der Waals surface area contributed by atoms with Crippen molar-refractivity contribution >= 4 is 23.4 Å². The van der Waals surface area contributed by atoms with Crippen molar-refractivity contribution in [2.75, 3.05) is 7.05 Å². The predicted octanol–water partition coefficient (Wildman–Crippen LogP) is 0.635. The topological polar surface area (TPSA) is 15.6 Å². The number of hydrazone groups is 1. The number of nitrogens with zero attached hydrogens (tertiary/aromatic N) is 2. The monoisotopic (exact) mass is 114 g/mol. The maximum Gasteiger partial charge on any atom is 0.104 e. The van der Waals surface area contributed by atoms with Gasteiger partial charge in [-0.25, -0.2) is 0 Å². The predicted molar refractivity (Wildman–Crippen MR) is 33.5 cm³/mol. The largest absolute Gasteiger partial charge is 0.262 e. The minimum absolute atomic E-state index is 0.839. The van der Waals surface area contributed by atoms with Crippen molar-refractivity contribution in [2.45, 2.75) is 6.42 Å². The van der Waals surface area contributed by atoms with Gasteiger partial charge in [-0.2, -0.15) is 5.10 Å². The van der Waals surface area contributed by atoms with Crippen LogP contribution in [0.5, 0.6) is 0 Å². The van der Waals surface area contributed by atoms with E-state index in [2.05, 4.69) is 5.10 Å². The van der Waals surface area contributed by atoms with Gasteiger partial charge in [-0.15, -0.1) is 0 Å². The molecule has 0 amide bonds. The van der Waals surface area contributed by atoms with Crippen LogP contribution in [0.3, 0.4) is 0 Å². The molecule has 0 bridgehead atoms. The van der Waals surface area contributed by atoms with Gasteiger partial charge in [0.05, 0.1) is 0 Å². The van der Waals surface area contributed by atoms with Gasteiger partial charge in [-0.3, -0.25) is 5.01 Å². The summed E-state index contributed by atoms with van der Waals surface area (Å²) in [5.41, 5.74) is 0. The summed E-state index contributed by atoms with van der Waals surface area (Å²) in [7, 11) is 1.85. The zero-order chi connectivity index (χ0) is 5.28. The molecule has 1 aliphatic rings. The van der Waals surface area contributed by atoms with Crippen LogP contribution in [0.25, 0.3) is 0 Å². The third kappa shape index (κ3) is 0.771. The summed E-state index contributed by atoms with van der Waals surface area (Å²) in [4.78, 5) is 0.903. The van der Waals surface area contributed by atoms with Crippen molar-refractivity contribution in [3.05, 3.63) is 0 Å². The van der Waals surface area contributed by atoms with E-state index in [1.807, 2.05) is 13.3 Å². The van der Waals surface area contributed by atoms with Crippen LogP contribution in [0.2, 0.25) is 0 Å². The van der Waals surface area contributed by atoms with Crippen molar-refractivity contribution in [1.82, 2.24) is 5.01 Å². The molecule has 0 radical (unpaired) electrons. The molecular formula is C4H6N2S. The third-order valence-electron chi connectivity index (χ3n) is 0.882. The van der Waals surface area contributed by atoms with Crippen LogP contribution in [0.4, 0.5) is 0 Å². The lowest BCUT2D eigenvalue weighted by Gasteiger charge is -2.02. The molecule has 1 heterocycles. The zero-order valence-electron chi connectivity index (χ0n) is 4.09. The van der Waals surface area contributed by atoms with Crippen molar-refractivity contribution in [3.8, 4) is 0 Å². The molecule has 3 heteroatoms. The van der Waals surface area contributed by atoms with Crippen LogP contribution in [0.15, 0.2) is 5.10 Å². The Hall–Kier alpha value is -0.440. The second-order valence-corrected chi connectivity index (χ2v) is 1.89. The molecular weight excluding hydrogens is 108 g/mol. The number of hydrogen-bond acceptors (Lipinski definition) is 2. The average molecular weight is 114 g/mol. The molecule has 2 nitrogen and oxygen atoms in total. The highest BCUT2D eigenvalue weighted by atomic mass is 32.1. The molecule has 0 N–H and O–H groups in total. The van der Waals surface area contributed by atoms with Crippen LogP contribution in [-0.2, 0) is 0 Å². The van der Waals surface area contributed by atoms with Crippen LogP contribution < -0.4 is 0 Å². The fourth-order valence-electron chi connectivity index (χ4n) is 0.438. The van der Waals surface area contributed by atoms with Gasteiger partial charge in [0.2, 0.25) is 0 Å². The maximum atomic E-state index is 4.84. The summed E-state index contributed by atoms with van der Waals surface area (Å²) in [5.74, 6) is 0. The molecule has 0 atom stereocenters. The second kappa shape index (κ2) is 1.58. The fourth-order valence-corrected chi connectivity index (χ4v) is 0.560. The van der Waals surface area contributed by atoms with E-state index in [0.29, 0.717) is 0 Å². The van der Waals surface area contributed by atoms with E-state index in [4.69, 9.17) is 12.2 Å². The lowest BCUT2D eigenvalue weighted by molar-refractivity contribution is 0.568. The highest BCUT2D eigenvalue weighted by Crippen LogP contribution is 1.98. The Morgan fingerprint density at radius 3 is 2.86 bits per heavy atom. The summed E-state index contributed by atoms with van der Waals surface area (Å²) in [6, 6.07) is 0. The van der Waals surface area contributed by atoms with E-state index in [-0.39, 0.29) is 0 Å². The molecule has 0 unspecified atom stereocenters. The molecule has 0 fully saturated rings. The normalized spacial score (nSPS) is 19.0. The molecule has 0 spiro atoms. The quantitative estimate of drug-likeness (QED) is 0.429. The van der Waals surface area contributed by atoms with Gasteiger partial charge in [0.15, 0.2) is 0 Å². The molecule has 0 saturated carbocycles. The Kier molecular flexibility index (Phi) is 1.06. The Labute approximate surface area is 47.8 Å². The molecule has 38 valence electrons. The molecule has 7 heavy (non-hydrogen) atoms. The molecule has 0 saturated heterocycles. The SMILES string of the molecule is CN1N=CCC1=S. The highest BCUT2D eigenvalue weighted by Gasteiger charge is 2.04. The third-order valence-corrected chi connectivity index (χ3v) is 1.31. The average Bonchev–Trinajstić information content (AvgIpc) is 1.91. The van der Waals surface area contributed by atoms with Gasteiger partial charge in [0.1, 0.15) is 4.99 Å². The first-order valence-corrected chi connectivity index (χ1v) is 2.50. The molecule has 1 rings (SSSR count). The summed E-state index contributed by atoms with van der Waals surface area (Å²) in [5, 5.41) is 5.59. The van der Waals surface area contributed by atoms with Crippen molar-refractivity contribution in [2.24, 2.45) is 5.10 Å².